The van der Waals surface area contributed by atoms with Gasteiger partial charge in [-0.25, -0.2) is 4.98 Å². The number of nitrogens with zero attached hydrogens (tertiary/aromatic N) is 2. The molecule has 1 rings (SSSR count). The van der Waals surface area contributed by atoms with Gasteiger partial charge in [-0.1, -0.05) is 0 Å². The van der Waals surface area contributed by atoms with Gasteiger partial charge in [0.05, 0.1) is 17.2 Å². The van der Waals surface area contributed by atoms with Crippen LogP contribution >= 0.6 is 11.3 Å². The van der Waals surface area contributed by atoms with E-state index in [0.29, 0.717) is 0 Å². The van der Waals surface area contributed by atoms with E-state index in [0.717, 1.165) is 5.69 Å². The van der Waals surface area contributed by atoms with Crippen molar-refractivity contribution in [2.24, 2.45) is 0 Å². The molecule has 0 radical (unpaired) electrons. The molecule has 1 aromatic heterocycles. The van der Waals surface area contributed by atoms with Gasteiger partial charge in [0.25, 0.3) is 0 Å². The predicted molar refractivity (Wildman–Crippen MR) is 66.6 cm³/mol. The van der Waals surface area contributed by atoms with Crippen LogP contribution in [0.5, 0.6) is 0 Å². The molecule has 90 valence electrons. The molecule has 0 aliphatic heterocycles. The molecular weight excluding hydrogens is 222 g/mol. The topological polar surface area (TPSA) is 45.2 Å². The summed E-state index contributed by atoms with van der Waals surface area (Å²) in [5.74, 6) is 0.0917. The lowest BCUT2D eigenvalue weighted by atomic mass is 10.2. The number of nitrogens with one attached hydrogen (secondary N) is 1. The van der Waals surface area contributed by atoms with Gasteiger partial charge in [-0.2, -0.15) is 0 Å². The molecule has 16 heavy (non-hydrogen) atoms. The first kappa shape index (κ1) is 13.1. The smallest absolute Gasteiger partial charge is 0.238 e. The number of rotatable bonds is 4. The van der Waals surface area contributed by atoms with Crippen molar-refractivity contribution in [3.05, 3.63) is 16.1 Å². The van der Waals surface area contributed by atoms with Crippen LogP contribution in [0.1, 0.15) is 30.5 Å². The molecular formula is C11H19N3OS. The van der Waals surface area contributed by atoms with Gasteiger partial charge in [0.2, 0.25) is 5.91 Å². The molecule has 1 unspecified atom stereocenters. The Morgan fingerprint density at radius 3 is 2.56 bits per heavy atom. The minimum absolute atomic E-state index is 0.0917. The summed E-state index contributed by atoms with van der Waals surface area (Å²) in [6, 6.07) is -0.0158. The highest BCUT2D eigenvalue weighted by Crippen LogP contribution is 2.21. The fourth-order valence-electron chi connectivity index (χ4n) is 1.64. The maximum absolute atomic E-state index is 11.7. The van der Waals surface area contributed by atoms with Gasteiger partial charge in [-0.05, 0) is 20.8 Å². The monoisotopic (exact) mass is 241 g/mol. The number of thiazole rings is 1. The number of likely N-dealkylation sites (N-methyl/N-ethyl adjacent to an activating group) is 1. The number of aromatic nitrogens is 1. The van der Waals surface area contributed by atoms with Crippen LogP contribution < -0.4 is 5.32 Å². The van der Waals surface area contributed by atoms with E-state index >= 15 is 0 Å². The maximum atomic E-state index is 11.7. The van der Waals surface area contributed by atoms with Crippen molar-refractivity contribution >= 4 is 17.2 Å². The predicted octanol–water partition coefficient (Wildman–Crippen LogP) is 1.58. The zero-order chi connectivity index (χ0) is 12.3. The number of carbonyl (C=O) groups excluding carboxylic acids is 1. The normalized spacial score (nSPS) is 14.6. The van der Waals surface area contributed by atoms with Crippen molar-refractivity contribution in [2.75, 3.05) is 14.1 Å². The summed E-state index contributed by atoms with van der Waals surface area (Å²) in [6.45, 7) is 5.93. The second-order valence-corrected chi connectivity index (χ2v) is 5.03. The van der Waals surface area contributed by atoms with Gasteiger partial charge in [0.1, 0.15) is 0 Å². The fraction of sp³-hybridized carbons (Fsp3) is 0.636. The van der Waals surface area contributed by atoms with E-state index in [4.69, 9.17) is 0 Å². The van der Waals surface area contributed by atoms with E-state index in [1.165, 1.54) is 4.88 Å². The molecule has 0 aromatic carbocycles. The molecule has 0 saturated carbocycles. The van der Waals surface area contributed by atoms with Crippen molar-refractivity contribution in [1.82, 2.24) is 15.2 Å². The Bertz CT molecular complexity index is 362. The van der Waals surface area contributed by atoms with E-state index in [9.17, 15) is 4.79 Å². The van der Waals surface area contributed by atoms with Crippen LogP contribution in [0.25, 0.3) is 0 Å². The number of amides is 1. The van der Waals surface area contributed by atoms with Gasteiger partial charge >= 0.3 is 0 Å². The second kappa shape index (κ2) is 5.41. The first-order chi connectivity index (χ1) is 7.43. The molecule has 1 heterocycles. The lowest BCUT2D eigenvalue weighted by Gasteiger charge is -2.21. The Labute approximate surface area is 101 Å². The Balaban J connectivity index is 2.62. The van der Waals surface area contributed by atoms with Crippen molar-refractivity contribution in [1.29, 1.82) is 0 Å². The average molecular weight is 241 g/mol. The third-order valence-electron chi connectivity index (χ3n) is 2.49. The summed E-state index contributed by atoms with van der Waals surface area (Å²) < 4.78 is 0. The molecule has 0 saturated heterocycles. The highest BCUT2D eigenvalue weighted by molar-refractivity contribution is 7.09. The Kier molecular flexibility index (Phi) is 4.44. The molecule has 4 nitrogen and oxygen atoms in total. The zero-order valence-corrected chi connectivity index (χ0v) is 11.3. The van der Waals surface area contributed by atoms with Crippen molar-refractivity contribution in [2.45, 2.75) is 32.9 Å². The van der Waals surface area contributed by atoms with E-state index in [1.54, 1.807) is 30.3 Å². The standard InChI is InChI=1S/C11H19N3OS/c1-7-10(16-6-12-7)8(2)13-9(3)11(15)14(4)5/h6,8-9,13H,1-5H3/t8?,9-/m1/s1. The molecule has 1 amide bonds. The molecule has 1 aromatic rings. The van der Waals surface area contributed by atoms with Crippen LogP contribution in [-0.2, 0) is 4.79 Å². The molecule has 0 aliphatic rings. The lowest BCUT2D eigenvalue weighted by molar-refractivity contribution is -0.130. The first-order valence-electron chi connectivity index (χ1n) is 5.30. The molecule has 0 bridgehead atoms. The molecule has 0 aliphatic carbocycles. The van der Waals surface area contributed by atoms with Crippen molar-refractivity contribution in [3.8, 4) is 0 Å². The van der Waals surface area contributed by atoms with Crippen LogP contribution in [0.3, 0.4) is 0 Å². The maximum Gasteiger partial charge on any atom is 0.238 e. The molecule has 0 fully saturated rings. The van der Waals surface area contributed by atoms with Gasteiger partial charge < -0.3 is 4.90 Å². The fourth-order valence-corrected chi connectivity index (χ4v) is 2.46. The Morgan fingerprint density at radius 1 is 1.50 bits per heavy atom. The molecule has 2 atom stereocenters. The molecule has 0 spiro atoms. The van der Waals surface area contributed by atoms with E-state index < -0.39 is 0 Å². The van der Waals surface area contributed by atoms with E-state index in [-0.39, 0.29) is 18.0 Å². The minimum Gasteiger partial charge on any atom is -0.347 e. The second-order valence-electron chi connectivity index (χ2n) is 4.14. The summed E-state index contributed by atoms with van der Waals surface area (Å²) in [6.07, 6.45) is 0. The third-order valence-corrected chi connectivity index (χ3v) is 3.60. The van der Waals surface area contributed by atoms with Gasteiger partial charge in [-0.15, -0.1) is 11.3 Å². The Hall–Kier alpha value is -0.940. The summed E-state index contributed by atoms with van der Waals surface area (Å²) in [7, 11) is 3.53. The van der Waals surface area contributed by atoms with Crippen molar-refractivity contribution < 1.29 is 4.79 Å². The number of hydrogen-bond acceptors (Lipinski definition) is 4. The highest BCUT2D eigenvalue weighted by Gasteiger charge is 2.19. The Morgan fingerprint density at radius 2 is 2.12 bits per heavy atom. The van der Waals surface area contributed by atoms with Crippen LogP contribution in [-0.4, -0.2) is 35.9 Å². The quantitative estimate of drug-likeness (QED) is 0.870. The lowest BCUT2D eigenvalue weighted by Crippen LogP contribution is -2.42. The summed E-state index contributed by atoms with van der Waals surface area (Å²) in [5, 5.41) is 3.28. The number of hydrogen-bond donors (Lipinski definition) is 1. The van der Waals surface area contributed by atoms with Gasteiger partial charge in [0.15, 0.2) is 0 Å². The summed E-state index contributed by atoms with van der Waals surface area (Å²) >= 11 is 1.62. The largest absolute Gasteiger partial charge is 0.347 e. The van der Waals surface area contributed by atoms with Gasteiger partial charge in [-0.3, -0.25) is 10.1 Å². The van der Waals surface area contributed by atoms with Crippen LogP contribution in [0.15, 0.2) is 5.51 Å². The summed E-state index contributed by atoms with van der Waals surface area (Å²) in [4.78, 5) is 18.7. The van der Waals surface area contributed by atoms with Crippen LogP contribution in [0.2, 0.25) is 0 Å². The highest BCUT2D eigenvalue weighted by atomic mass is 32.1. The third kappa shape index (κ3) is 3.02. The molecule has 1 N–H and O–H groups in total. The SMILES string of the molecule is Cc1ncsc1C(C)N[C@H](C)C(=O)N(C)C. The average Bonchev–Trinajstić information content (AvgIpc) is 2.62. The number of aryl methyl sites for hydroxylation is 1. The summed E-state index contributed by atoms with van der Waals surface area (Å²) in [5.41, 5.74) is 2.87. The minimum atomic E-state index is -0.175. The molecule has 5 heteroatoms. The van der Waals surface area contributed by atoms with Crippen LogP contribution in [0.4, 0.5) is 0 Å². The number of carbonyl (C=O) groups is 1. The van der Waals surface area contributed by atoms with E-state index in [1.807, 2.05) is 19.4 Å². The van der Waals surface area contributed by atoms with E-state index in [2.05, 4.69) is 17.2 Å². The van der Waals surface area contributed by atoms with Gasteiger partial charge in [0, 0.05) is 25.0 Å². The van der Waals surface area contributed by atoms with Crippen LogP contribution in [0, 0.1) is 6.92 Å². The first-order valence-corrected chi connectivity index (χ1v) is 6.18. The zero-order valence-electron chi connectivity index (χ0n) is 10.4. The van der Waals surface area contributed by atoms with Crippen molar-refractivity contribution in [3.63, 3.8) is 0 Å².